The number of rotatable bonds is 3. The quantitative estimate of drug-likeness (QED) is 0.480. The van der Waals surface area contributed by atoms with Crippen LogP contribution in [0.15, 0.2) is 6.07 Å². The van der Waals surface area contributed by atoms with Crippen LogP contribution < -0.4 is 0 Å². The Kier molecular flexibility index (Phi) is 4.51. The van der Waals surface area contributed by atoms with Gasteiger partial charge in [0.05, 0.1) is 13.5 Å². The minimum Gasteiger partial charge on any atom is -0.469 e. The van der Waals surface area contributed by atoms with Crippen LogP contribution in [-0.4, -0.2) is 18.1 Å². The van der Waals surface area contributed by atoms with Gasteiger partial charge in [-0.25, -0.2) is 18.2 Å². The Balaban J connectivity index is 3.14. The summed E-state index contributed by atoms with van der Waals surface area (Å²) in [5.74, 6) is -1.85. The number of aromatic nitrogens is 1. The average Bonchev–Trinajstić information content (AvgIpc) is 2.22. The number of hydrogen-bond donors (Lipinski definition) is 0. The Hall–Kier alpha value is -0.860. The smallest absolute Gasteiger partial charge is 0.310 e. The Morgan fingerprint density at radius 2 is 2.25 bits per heavy atom. The summed E-state index contributed by atoms with van der Waals surface area (Å²) in [6.07, 6.45) is -3.40. The van der Waals surface area contributed by atoms with Crippen molar-refractivity contribution in [3.05, 3.63) is 26.8 Å². The van der Waals surface area contributed by atoms with E-state index in [0.29, 0.717) is 0 Å². The molecular weight excluding hydrogens is 338 g/mol. The minimum absolute atomic E-state index is 0.137. The van der Waals surface area contributed by atoms with E-state index in [0.717, 1.165) is 7.11 Å². The lowest BCUT2D eigenvalue weighted by molar-refractivity contribution is -0.139. The van der Waals surface area contributed by atoms with E-state index in [4.69, 9.17) is 0 Å². The van der Waals surface area contributed by atoms with Crippen LogP contribution in [-0.2, 0) is 16.0 Å². The molecule has 0 aliphatic heterocycles. The van der Waals surface area contributed by atoms with E-state index in [1.807, 2.05) is 0 Å². The lowest BCUT2D eigenvalue weighted by Crippen LogP contribution is -2.10. The van der Waals surface area contributed by atoms with Gasteiger partial charge >= 0.3 is 5.97 Å². The van der Waals surface area contributed by atoms with Crippen molar-refractivity contribution in [2.75, 3.05) is 7.11 Å². The molecule has 0 amide bonds. The summed E-state index contributed by atoms with van der Waals surface area (Å²) >= 11 is 1.68. The van der Waals surface area contributed by atoms with E-state index in [1.165, 1.54) is 6.07 Å². The van der Waals surface area contributed by atoms with Crippen LogP contribution in [0.2, 0.25) is 0 Å². The number of methoxy groups -OCH3 is 1. The second kappa shape index (κ2) is 5.46. The van der Waals surface area contributed by atoms with Crippen LogP contribution >= 0.6 is 22.6 Å². The zero-order valence-electron chi connectivity index (χ0n) is 8.14. The molecule has 7 heteroatoms. The largest absolute Gasteiger partial charge is 0.469 e. The summed E-state index contributed by atoms with van der Waals surface area (Å²) in [6.45, 7) is 0. The van der Waals surface area contributed by atoms with Gasteiger partial charge in [-0.3, -0.25) is 4.79 Å². The molecule has 0 aliphatic rings. The highest BCUT2D eigenvalue weighted by atomic mass is 127. The molecule has 0 atom stereocenters. The van der Waals surface area contributed by atoms with Gasteiger partial charge in [0.1, 0.15) is 9.39 Å². The molecule has 0 saturated heterocycles. The van der Waals surface area contributed by atoms with E-state index in [2.05, 4.69) is 9.72 Å². The third-order valence-electron chi connectivity index (χ3n) is 1.80. The number of alkyl halides is 2. The maximum Gasteiger partial charge on any atom is 0.310 e. The van der Waals surface area contributed by atoms with Crippen LogP contribution in [0.1, 0.15) is 17.7 Å². The van der Waals surface area contributed by atoms with Crippen molar-refractivity contribution in [1.29, 1.82) is 0 Å². The number of nitrogens with zero attached hydrogens (tertiary/aromatic N) is 1. The first-order valence-corrected chi connectivity index (χ1v) is 5.23. The van der Waals surface area contributed by atoms with Gasteiger partial charge in [0.25, 0.3) is 6.43 Å². The highest BCUT2D eigenvalue weighted by Gasteiger charge is 2.21. The number of halogens is 4. The first-order valence-electron chi connectivity index (χ1n) is 4.15. The van der Waals surface area contributed by atoms with Crippen molar-refractivity contribution in [3.8, 4) is 0 Å². The van der Waals surface area contributed by atoms with Crippen LogP contribution in [0.5, 0.6) is 0 Å². The van der Waals surface area contributed by atoms with E-state index < -0.39 is 23.9 Å². The molecule has 0 unspecified atom stereocenters. The number of esters is 1. The molecule has 1 rings (SSSR count). The molecular formula is C9H7F3INO2. The van der Waals surface area contributed by atoms with Gasteiger partial charge in [-0.05, 0) is 28.7 Å². The van der Waals surface area contributed by atoms with E-state index in [-0.39, 0.29) is 15.7 Å². The third kappa shape index (κ3) is 3.06. The van der Waals surface area contributed by atoms with Crippen molar-refractivity contribution in [3.63, 3.8) is 0 Å². The van der Waals surface area contributed by atoms with Gasteiger partial charge in [-0.1, -0.05) is 0 Å². The van der Waals surface area contributed by atoms with Crippen molar-refractivity contribution in [2.45, 2.75) is 12.8 Å². The Labute approximate surface area is 103 Å². The minimum atomic E-state index is -3.01. The molecule has 0 aromatic carbocycles. The lowest BCUT2D eigenvalue weighted by atomic mass is 10.1. The van der Waals surface area contributed by atoms with Gasteiger partial charge in [-0.15, -0.1) is 0 Å². The zero-order chi connectivity index (χ0) is 12.3. The molecule has 0 spiro atoms. The fourth-order valence-electron chi connectivity index (χ4n) is 1.07. The molecule has 1 aromatic rings. The highest BCUT2D eigenvalue weighted by molar-refractivity contribution is 14.1. The van der Waals surface area contributed by atoms with Crippen LogP contribution in [0.3, 0.4) is 0 Å². The molecule has 0 aliphatic carbocycles. The summed E-state index contributed by atoms with van der Waals surface area (Å²) in [7, 11) is 1.14. The Morgan fingerprint density at radius 1 is 1.62 bits per heavy atom. The predicted octanol–water partition coefficient (Wildman–Crippen LogP) is 2.48. The number of carbonyl (C=O) groups excluding carboxylic acids is 1. The molecule has 0 fully saturated rings. The average molecular weight is 345 g/mol. The predicted molar refractivity (Wildman–Crippen MR) is 57.6 cm³/mol. The molecule has 0 bridgehead atoms. The van der Waals surface area contributed by atoms with Gasteiger partial charge in [0, 0.05) is 5.56 Å². The van der Waals surface area contributed by atoms with E-state index in [1.54, 1.807) is 22.6 Å². The van der Waals surface area contributed by atoms with E-state index in [9.17, 15) is 18.0 Å². The molecule has 0 N–H and O–H groups in total. The molecule has 16 heavy (non-hydrogen) atoms. The summed E-state index contributed by atoms with van der Waals surface area (Å²) in [4.78, 5) is 14.3. The second-order valence-electron chi connectivity index (χ2n) is 2.86. The van der Waals surface area contributed by atoms with Crippen LogP contribution in [0.4, 0.5) is 13.2 Å². The summed E-state index contributed by atoms with van der Waals surface area (Å²) in [5.41, 5.74) is -1.08. The maximum atomic E-state index is 13.4. The SMILES string of the molecule is COC(=O)Cc1cc(I)nc(C(F)F)c1F. The third-order valence-corrected chi connectivity index (χ3v) is 2.35. The maximum absolute atomic E-state index is 13.4. The normalized spacial score (nSPS) is 10.6. The summed E-state index contributed by atoms with van der Waals surface area (Å²) in [5, 5.41) is 0. The number of pyridine rings is 1. The molecule has 0 radical (unpaired) electrons. The van der Waals surface area contributed by atoms with E-state index >= 15 is 0 Å². The lowest BCUT2D eigenvalue weighted by Gasteiger charge is -2.07. The topological polar surface area (TPSA) is 39.2 Å². The van der Waals surface area contributed by atoms with Crippen LogP contribution in [0.25, 0.3) is 0 Å². The zero-order valence-corrected chi connectivity index (χ0v) is 10.3. The second-order valence-corrected chi connectivity index (χ2v) is 3.96. The van der Waals surface area contributed by atoms with Crippen molar-refractivity contribution in [2.24, 2.45) is 0 Å². The number of carbonyl (C=O) groups is 1. The van der Waals surface area contributed by atoms with Gasteiger partial charge in [0.2, 0.25) is 0 Å². The first-order chi connectivity index (χ1) is 7.45. The Bertz CT molecular complexity index is 412. The molecule has 1 heterocycles. The van der Waals surface area contributed by atoms with Gasteiger partial charge in [0.15, 0.2) is 5.82 Å². The van der Waals surface area contributed by atoms with Crippen molar-refractivity contribution in [1.82, 2.24) is 4.98 Å². The summed E-state index contributed by atoms with van der Waals surface area (Å²) < 4.78 is 42.8. The van der Waals surface area contributed by atoms with Crippen molar-refractivity contribution < 1.29 is 22.7 Å². The summed E-state index contributed by atoms with van der Waals surface area (Å²) in [6, 6.07) is 1.23. The number of ether oxygens (including phenoxy) is 1. The molecule has 0 saturated carbocycles. The molecule has 1 aromatic heterocycles. The fraction of sp³-hybridized carbons (Fsp3) is 0.333. The van der Waals surface area contributed by atoms with Gasteiger partial charge < -0.3 is 4.74 Å². The molecule has 3 nitrogen and oxygen atoms in total. The number of hydrogen-bond acceptors (Lipinski definition) is 3. The highest BCUT2D eigenvalue weighted by Crippen LogP contribution is 2.24. The van der Waals surface area contributed by atoms with Crippen molar-refractivity contribution >= 4 is 28.6 Å². The van der Waals surface area contributed by atoms with Gasteiger partial charge in [-0.2, -0.15) is 0 Å². The van der Waals surface area contributed by atoms with Crippen LogP contribution in [0, 0.1) is 9.52 Å². The Morgan fingerprint density at radius 3 is 2.75 bits per heavy atom. The first kappa shape index (κ1) is 13.2. The monoisotopic (exact) mass is 345 g/mol. The standard InChI is InChI=1S/C9H7F3INO2/c1-16-6(15)3-4-2-5(13)14-8(7(4)10)9(11)12/h2,9H,3H2,1H3. The molecule has 88 valence electrons. The fourth-order valence-corrected chi connectivity index (χ4v) is 1.70.